The summed E-state index contributed by atoms with van der Waals surface area (Å²) in [7, 11) is 0. The number of nitrogens with zero attached hydrogens (tertiary/aromatic N) is 1. The predicted molar refractivity (Wildman–Crippen MR) is 40.0 cm³/mol. The molecule has 11 heavy (non-hydrogen) atoms. The second kappa shape index (κ2) is 3.13. The number of rotatable bonds is 1. The smallest absolute Gasteiger partial charge is 0.142 e. The van der Waals surface area contributed by atoms with Crippen molar-refractivity contribution in [3.05, 3.63) is 29.3 Å². The highest BCUT2D eigenvalue weighted by molar-refractivity contribution is 5.35. The number of pyridine rings is 1. The molecule has 0 amide bonds. The molecule has 0 saturated heterocycles. The average molecular weight is 150 g/mol. The Balaban J connectivity index is 3.19. The summed E-state index contributed by atoms with van der Waals surface area (Å²) >= 11 is 0. The van der Waals surface area contributed by atoms with Crippen LogP contribution in [-0.2, 0) is 6.54 Å². The molecule has 0 atom stereocenters. The number of aromatic nitrogens is 1. The van der Waals surface area contributed by atoms with Crippen molar-refractivity contribution in [2.75, 3.05) is 0 Å². The standard InChI is InChI=1S/C8H7FN2/c1-2-6-3-7(9)5-11-8(6)4-10/h1,3,5H,4,10H2. The molecule has 0 bridgehead atoms. The van der Waals surface area contributed by atoms with Crippen LogP contribution in [0.4, 0.5) is 4.39 Å². The van der Waals surface area contributed by atoms with Gasteiger partial charge < -0.3 is 5.73 Å². The van der Waals surface area contributed by atoms with Gasteiger partial charge in [0, 0.05) is 6.54 Å². The van der Waals surface area contributed by atoms with Crippen molar-refractivity contribution in [3.8, 4) is 12.3 Å². The number of nitrogens with two attached hydrogens (primary N) is 1. The lowest BCUT2D eigenvalue weighted by Crippen LogP contribution is -2.02. The summed E-state index contributed by atoms with van der Waals surface area (Å²) in [5.74, 6) is 1.87. The molecule has 2 nitrogen and oxygen atoms in total. The molecular weight excluding hydrogens is 143 g/mol. The molecule has 0 aliphatic carbocycles. The monoisotopic (exact) mass is 150 g/mol. The van der Waals surface area contributed by atoms with Gasteiger partial charge >= 0.3 is 0 Å². The average Bonchev–Trinajstić information content (AvgIpc) is 2.04. The molecule has 0 radical (unpaired) electrons. The van der Waals surface area contributed by atoms with Crippen molar-refractivity contribution >= 4 is 0 Å². The molecule has 0 aliphatic heterocycles. The molecule has 1 rings (SSSR count). The van der Waals surface area contributed by atoms with Gasteiger partial charge in [0.1, 0.15) is 5.82 Å². The lowest BCUT2D eigenvalue weighted by atomic mass is 10.2. The fraction of sp³-hybridized carbons (Fsp3) is 0.125. The van der Waals surface area contributed by atoms with Crippen molar-refractivity contribution in [1.82, 2.24) is 4.98 Å². The number of hydrogen-bond acceptors (Lipinski definition) is 2. The summed E-state index contributed by atoms with van der Waals surface area (Å²) in [5.41, 5.74) is 6.27. The van der Waals surface area contributed by atoms with Crippen LogP contribution in [0, 0.1) is 18.2 Å². The second-order valence-corrected chi connectivity index (χ2v) is 2.00. The quantitative estimate of drug-likeness (QED) is 0.597. The Bertz CT molecular complexity index is 301. The van der Waals surface area contributed by atoms with Crippen molar-refractivity contribution in [2.45, 2.75) is 6.54 Å². The fourth-order valence-electron chi connectivity index (χ4n) is 0.755. The summed E-state index contributed by atoms with van der Waals surface area (Å²) in [6.07, 6.45) is 6.18. The van der Waals surface area contributed by atoms with Crippen molar-refractivity contribution in [2.24, 2.45) is 5.73 Å². The van der Waals surface area contributed by atoms with Crippen molar-refractivity contribution in [3.63, 3.8) is 0 Å². The van der Waals surface area contributed by atoms with Gasteiger partial charge in [0.25, 0.3) is 0 Å². The van der Waals surface area contributed by atoms with E-state index in [1.54, 1.807) is 0 Å². The number of terminal acetylenes is 1. The highest BCUT2D eigenvalue weighted by atomic mass is 19.1. The third kappa shape index (κ3) is 1.54. The normalized spacial score (nSPS) is 9.18. The van der Waals surface area contributed by atoms with Crippen molar-refractivity contribution in [1.29, 1.82) is 0 Å². The minimum absolute atomic E-state index is 0.236. The van der Waals surface area contributed by atoms with E-state index in [0.29, 0.717) is 11.3 Å². The largest absolute Gasteiger partial charge is 0.325 e. The molecule has 2 N–H and O–H groups in total. The molecular formula is C8H7FN2. The maximum absolute atomic E-state index is 12.5. The Morgan fingerprint density at radius 2 is 2.45 bits per heavy atom. The molecule has 1 heterocycles. The summed E-state index contributed by atoms with van der Waals surface area (Å²) < 4.78 is 12.5. The van der Waals surface area contributed by atoms with Gasteiger partial charge in [-0.1, -0.05) is 5.92 Å². The van der Waals surface area contributed by atoms with E-state index in [9.17, 15) is 4.39 Å². The molecule has 3 heteroatoms. The molecule has 0 saturated carbocycles. The van der Waals surface area contributed by atoms with E-state index in [0.717, 1.165) is 6.20 Å². The minimum Gasteiger partial charge on any atom is -0.325 e. The van der Waals surface area contributed by atoms with Crippen LogP contribution in [0.5, 0.6) is 0 Å². The Morgan fingerprint density at radius 1 is 1.73 bits per heavy atom. The summed E-state index contributed by atoms with van der Waals surface area (Å²) in [6.45, 7) is 0.236. The topological polar surface area (TPSA) is 38.9 Å². The highest BCUT2D eigenvalue weighted by Gasteiger charge is 2.00. The van der Waals surface area contributed by atoms with Gasteiger partial charge in [0.15, 0.2) is 0 Å². The summed E-state index contributed by atoms with van der Waals surface area (Å²) in [5, 5.41) is 0. The SMILES string of the molecule is C#Cc1cc(F)cnc1CN. The summed E-state index contributed by atoms with van der Waals surface area (Å²) in [4.78, 5) is 3.73. The zero-order chi connectivity index (χ0) is 8.27. The molecule has 0 fully saturated rings. The molecule has 0 aromatic carbocycles. The van der Waals surface area contributed by atoms with Crippen LogP contribution in [0.25, 0.3) is 0 Å². The third-order valence-corrected chi connectivity index (χ3v) is 1.29. The van der Waals surface area contributed by atoms with Crippen LogP contribution in [0.2, 0.25) is 0 Å². The lowest BCUT2D eigenvalue weighted by Gasteiger charge is -1.98. The van der Waals surface area contributed by atoms with Gasteiger partial charge in [0.2, 0.25) is 0 Å². The first kappa shape index (κ1) is 7.70. The first-order chi connectivity index (χ1) is 5.27. The fourth-order valence-corrected chi connectivity index (χ4v) is 0.755. The van der Waals surface area contributed by atoms with Crippen LogP contribution in [0.3, 0.4) is 0 Å². The number of halogens is 1. The van der Waals surface area contributed by atoms with Gasteiger partial charge in [-0.2, -0.15) is 0 Å². The van der Waals surface area contributed by atoms with Gasteiger partial charge in [-0.25, -0.2) is 4.39 Å². The lowest BCUT2D eigenvalue weighted by molar-refractivity contribution is 0.618. The zero-order valence-electron chi connectivity index (χ0n) is 5.84. The van der Waals surface area contributed by atoms with Gasteiger partial charge in [-0.15, -0.1) is 6.42 Å². The van der Waals surface area contributed by atoms with Crippen LogP contribution in [-0.4, -0.2) is 4.98 Å². The Kier molecular flexibility index (Phi) is 2.19. The molecule has 1 aromatic heterocycles. The Morgan fingerprint density at radius 3 is 3.00 bits per heavy atom. The Labute approximate surface area is 64.3 Å². The van der Waals surface area contributed by atoms with E-state index in [4.69, 9.17) is 12.2 Å². The van der Waals surface area contributed by atoms with Crippen LogP contribution in [0.1, 0.15) is 11.3 Å². The first-order valence-corrected chi connectivity index (χ1v) is 3.09. The summed E-state index contributed by atoms with van der Waals surface area (Å²) in [6, 6.07) is 1.25. The van der Waals surface area contributed by atoms with E-state index in [1.807, 2.05) is 0 Å². The molecule has 56 valence electrons. The maximum Gasteiger partial charge on any atom is 0.142 e. The third-order valence-electron chi connectivity index (χ3n) is 1.29. The van der Waals surface area contributed by atoms with E-state index < -0.39 is 5.82 Å². The Hall–Kier alpha value is -1.40. The predicted octanol–water partition coefficient (Wildman–Crippen LogP) is 0.661. The van der Waals surface area contributed by atoms with Crippen LogP contribution >= 0.6 is 0 Å². The van der Waals surface area contributed by atoms with Gasteiger partial charge in [0.05, 0.1) is 17.5 Å². The van der Waals surface area contributed by atoms with Crippen LogP contribution in [0.15, 0.2) is 12.3 Å². The molecule has 0 unspecified atom stereocenters. The van der Waals surface area contributed by atoms with E-state index in [2.05, 4.69) is 10.9 Å². The van der Waals surface area contributed by atoms with E-state index in [1.165, 1.54) is 6.07 Å². The first-order valence-electron chi connectivity index (χ1n) is 3.09. The van der Waals surface area contributed by atoms with Crippen molar-refractivity contribution < 1.29 is 4.39 Å². The van der Waals surface area contributed by atoms with E-state index >= 15 is 0 Å². The second-order valence-electron chi connectivity index (χ2n) is 2.00. The maximum atomic E-state index is 12.5. The minimum atomic E-state index is -0.435. The van der Waals surface area contributed by atoms with Gasteiger partial charge in [-0.05, 0) is 6.07 Å². The van der Waals surface area contributed by atoms with Gasteiger partial charge in [-0.3, -0.25) is 4.98 Å². The highest BCUT2D eigenvalue weighted by Crippen LogP contribution is 2.05. The number of hydrogen-bond donors (Lipinski definition) is 1. The molecule has 1 aromatic rings. The van der Waals surface area contributed by atoms with Crippen LogP contribution < -0.4 is 5.73 Å². The molecule has 0 aliphatic rings. The zero-order valence-corrected chi connectivity index (χ0v) is 5.84. The molecule has 0 spiro atoms. The van der Waals surface area contributed by atoms with E-state index in [-0.39, 0.29) is 6.54 Å².